The van der Waals surface area contributed by atoms with Gasteiger partial charge in [-0.05, 0) is 40.4 Å². The number of aryl methyl sites for hydroxylation is 1. The average Bonchev–Trinajstić information content (AvgIpc) is 2.32. The summed E-state index contributed by atoms with van der Waals surface area (Å²) in [6.07, 6.45) is 3.16. The fourth-order valence-corrected chi connectivity index (χ4v) is 1.80. The maximum Gasteiger partial charge on any atom is 0.0965 e. The summed E-state index contributed by atoms with van der Waals surface area (Å²) in [5.41, 5.74) is 2.03. The molecule has 0 bridgehead atoms. The highest BCUT2D eigenvalue weighted by Crippen LogP contribution is 2.30. The molecule has 1 aliphatic carbocycles. The van der Waals surface area contributed by atoms with E-state index in [0.29, 0.717) is 0 Å². The number of aromatic nitrogens is 1. The number of halogens is 1. The van der Waals surface area contributed by atoms with Gasteiger partial charge < -0.3 is 5.11 Å². The quantitative estimate of drug-likeness (QED) is 0.714. The largest absolute Gasteiger partial charge is 0.387 e. The zero-order valence-corrected chi connectivity index (χ0v) is 7.50. The lowest BCUT2D eigenvalue weighted by molar-refractivity contribution is 0.176. The van der Waals surface area contributed by atoms with Crippen molar-refractivity contribution in [1.82, 2.24) is 4.98 Å². The van der Waals surface area contributed by atoms with E-state index in [9.17, 15) is 5.11 Å². The summed E-state index contributed by atoms with van der Waals surface area (Å²) in [6, 6.07) is 2.03. The van der Waals surface area contributed by atoms with Crippen molar-refractivity contribution in [3.05, 3.63) is 28.0 Å². The van der Waals surface area contributed by atoms with Gasteiger partial charge in [0.25, 0.3) is 0 Å². The second-order valence-corrected chi connectivity index (χ2v) is 3.67. The third-order valence-electron chi connectivity index (χ3n) is 1.97. The number of rotatable bonds is 0. The summed E-state index contributed by atoms with van der Waals surface area (Å²) >= 11 is 3.34. The Bertz CT molecular complexity index is 287. The molecule has 2 rings (SSSR count). The van der Waals surface area contributed by atoms with Crippen LogP contribution in [0.4, 0.5) is 0 Å². The lowest BCUT2D eigenvalue weighted by Crippen LogP contribution is -1.93. The van der Waals surface area contributed by atoms with Gasteiger partial charge in [0.2, 0.25) is 0 Å². The topological polar surface area (TPSA) is 33.1 Å². The minimum absolute atomic E-state index is 0.335. The van der Waals surface area contributed by atoms with Crippen molar-refractivity contribution in [2.45, 2.75) is 18.9 Å². The van der Waals surface area contributed by atoms with Crippen molar-refractivity contribution in [3.63, 3.8) is 0 Å². The Balaban J connectivity index is 2.50. The highest BCUT2D eigenvalue weighted by Gasteiger charge is 2.21. The van der Waals surface area contributed by atoms with E-state index >= 15 is 0 Å². The van der Waals surface area contributed by atoms with Crippen LogP contribution in [0.5, 0.6) is 0 Å². The van der Waals surface area contributed by atoms with Gasteiger partial charge in [-0.25, -0.2) is 0 Å². The van der Waals surface area contributed by atoms with Gasteiger partial charge >= 0.3 is 0 Å². The zero-order valence-electron chi connectivity index (χ0n) is 5.92. The van der Waals surface area contributed by atoms with Gasteiger partial charge in [0.1, 0.15) is 0 Å². The van der Waals surface area contributed by atoms with Crippen molar-refractivity contribution >= 4 is 15.9 Å². The van der Waals surface area contributed by atoms with Crippen LogP contribution in [0.3, 0.4) is 0 Å². The SMILES string of the molecule is OC1CCc2cc(Br)cnc21. The Morgan fingerprint density at radius 2 is 2.45 bits per heavy atom. The van der Waals surface area contributed by atoms with E-state index in [1.807, 2.05) is 6.07 Å². The molecular weight excluding hydrogens is 206 g/mol. The van der Waals surface area contributed by atoms with Gasteiger partial charge in [-0.2, -0.15) is 0 Å². The van der Waals surface area contributed by atoms with Crippen molar-refractivity contribution < 1.29 is 5.11 Å². The van der Waals surface area contributed by atoms with Gasteiger partial charge in [-0.3, -0.25) is 4.98 Å². The van der Waals surface area contributed by atoms with Crippen molar-refractivity contribution in [3.8, 4) is 0 Å². The first-order valence-corrected chi connectivity index (χ1v) is 4.39. The molecule has 1 heterocycles. The van der Waals surface area contributed by atoms with E-state index in [4.69, 9.17) is 0 Å². The lowest BCUT2D eigenvalue weighted by atomic mass is 10.2. The molecule has 0 radical (unpaired) electrons. The van der Waals surface area contributed by atoms with Gasteiger partial charge in [-0.1, -0.05) is 0 Å². The molecule has 0 aliphatic heterocycles. The second-order valence-electron chi connectivity index (χ2n) is 2.75. The minimum Gasteiger partial charge on any atom is -0.387 e. The maximum atomic E-state index is 9.39. The maximum absolute atomic E-state index is 9.39. The third-order valence-corrected chi connectivity index (χ3v) is 2.40. The third kappa shape index (κ3) is 1.19. The van der Waals surface area contributed by atoms with Gasteiger partial charge in [0.15, 0.2) is 0 Å². The highest BCUT2D eigenvalue weighted by molar-refractivity contribution is 9.10. The van der Waals surface area contributed by atoms with Crippen LogP contribution in [0.1, 0.15) is 23.8 Å². The number of hydrogen-bond acceptors (Lipinski definition) is 2. The van der Waals surface area contributed by atoms with E-state index in [2.05, 4.69) is 20.9 Å². The molecule has 1 unspecified atom stereocenters. The molecule has 1 atom stereocenters. The Morgan fingerprint density at radius 3 is 3.27 bits per heavy atom. The van der Waals surface area contributed by atoms with Gasteiger partial charge in [-0.15, -0.1) is 0 Å². The Labute approximate surface area is 73.4 Å². The lowest BCUT2D eigenvalue weighted by Gasteiger charge is -2.01. The summed E-state index contributed by atoms with van der Waals surface area (Å²) in [5, 5.41) is 9.39. The molecule has 0 fully saturated rings. The molecule has 11 heavy (non-hydrogen) atoms. The van der Waals surface area contributed by atoms with E-state index in [-0.39, 0.29) is 6.10 Å². The summed E-state index contributed by atoms with van der Waals surface area (Å²) < 4.78 is 0.991. The van der Waals surface area contributed by atoms with E-state index < -0.39 is 0 Å². The van der Waals surface area contributed by atoms with E-state index in [0.717, 1.165) is 23.0 Å². The molecule has 1 aromatic heterocycles. The summed E-state index contributed by atoms with van der Waals surface area (Å²) in [4.78, 5) is 4.14. The van der Waals surface area contributed by atoms with E-state index in [1.54, 1.807) is 6.20 Å². The molecule has 0 aromatic carbocycles. The van der Waals surface area contributed by atoms with Crippen LogP contribution >= 0.6 is 15.9 Å². The Kier molecular flexibility index (Phi) is 1.69. The van der Waals surface area contributed by atoms with Crippen LogP contribution in [-0.4, -0.2) is 10.1 Å². The summed E-state index contributed by atoms with van der Waals surface area (Å²) in [7, 11) is 0. The van der Waals surface area contributed by atoms with Crippen LogP contribution in [0.25, 0.3) is 0 Å². The predicted molar refractivity (Wildman–Crippen MR) is 45.2 cm³/mol. The van der Waals surface area contributed by atoms with Crippen LogP contribution in [0.2, 0.25) is 0 Å². The summed E-state index contributed by atoms with van der Waals surface area (Å²) in [6.45, 7) is 0. The van der Waals surface area contributed by atoms with Gasteiger partial charge in [0.05, 0.1) is 11.8 Å². The number of fused-ring (bicyclic) bond motifs is 1. The second kappa shape index (κ2) is 2.57. The monoisotopic (exact) mass is 213 g/mol. The zero-order chi connectivity index (χ0) is 7.84. The highest BCUT2D eigenvalue weighted by atomic mass is 79.9. The number of aliphatic hydroxyl groups is 1. The van der Waals surface area contributed by atoms with Crippen molar-refractivity contribution in [2.75, 3.05) is 0 Å². The van der Waals surface area contributed by atoms with Crippen LogP contribution in [0.15, 0.2) is 16.7 Å². The molecule has 3 heteroatoms. The van der Waals surface area contributed by atoms with Crippen molar-refractivity contribution in [1.29, 1.82) is 0 Å². The fraction of sp³-hybridized carbons (Fsp3) is 0.375. The normalized spacial score (nSPS) is 21.8. The molecule has 0 saturated carbocycles. The summed E-state index contributed by atoms with van der Waals surface area (Å²) in [5.74, 6) is 0. The minimum atomic E-state index is -0.335. The van der Waals surface area contributed by atoms with Crippen LogP contribution in [-0.2, 0) is 6.42 Å². The molecule has 0 spiro atoms. The standard InChI is InChI=1S/C8H8BrNO/c9-6-3-5-1-2-7(11)8(5)10-4-6/h3-4,7,11H,1-2H2. The first kappa shape index (κ1) is 7.25. The van der Waals surface area contributed by atoms with E-state index in [1.165, 1.54) is 5.56 Å². The molecular formula is C8H8BrNO. The average molecular weight is 214 g/mol. The van der Waals surface area contributed by atoms with Crippen LogP contribution in [0, 0.1) is 0 Å². The number of pyridine rings is 1. The predicted octanol–water partition coefficient (Wildman–Crippen LogP) is 1.82. The molecule has 1 aliphatic rings. The molecule has 0 amide bonds. The first-order valence-electron chi connectivity index (χ1n) is 3.60. The van der Waals surface area contributed by atoms with Crippen molar-refractivity contribution in [2.24, 2.45) is 0 Å². The van der Waals surface area contributed by atoms with Gasteiger partial charge in [0, 0.05) is 10.7 Å². The molecule has 58 valence electrons. The number of nitrogens with zero attached hydrogens (tertiary/aromatic N) is 1. The fourth-order valence-electron chi connectivity index (χ4n) is 1.42. The Morgan fingerprint density at radius 1 is 1.64 bits per heavy atom. The molecule has 1 aromatic rings. The molecule has 1 N–H and O–H groups in total. The smallest absolute Gasteiger partial charge is 0.0965 e. The van der Waals surface area contributed by atoms with Crippen LogP contribution < -0.4 is 0 Å². The molecule has 0 saturated heterocycles. The molecule has 2 nitrogen and oxygen atoms in total. The Hall–Kier alpha value is -0.410. The number of hydrogen-bond donors (Lipinski definition) is 1. The number of aliphatic hydroxyl groups excluding tert-OH is 1. The first-order chi connectivity index (χ1) is 5.27.